The Kier molecular flexibility index (Phi) is 8.71. The SMILES string of the molecule is COc1ccc(CN(C(=O)CN(c2cccc(F)c2)S(C)(=O)=O)[C@@H](C)C(=O)NC2CCCC2)cc1. The average molecular weight is 506 g/mol. The van der Waals surface area contributed by atoms with E-state index in [0.29, 0.717) is 5.75 Å². The fourth-order valence-corrected chi connectivity index (χ4v) is 4.99. The Labute approximate surface area is 206 Å². The highest BCUT2D eigenvalue weighted by molar-refractivity contribution is 7.92. The number of methoxy groups -OCH3 is 1. The standard InChI is InChI=1S/C25H32FN3O5S/c1-18(25(31)27-21-8-4-5-9-21)28(16-19-11-13-23(34-2)14-12-19)24(30)17-29(35(3,32)33)22-10-6-7-20(26)15-22/h6-7,10-15,18,21H,4-5,8-9,16-17H2,1-3H3,(H,27,31)/t18-/m0/s1. The quantitative estimate of drug-likeness (QED) is 0.535. The monoisotopic (exact) mass is 505 g/mol. The van der Waals surface area contributed by atoms with Gasteiger partial charge in [-0.15, -0.1) is 0 Å². The van der Waals surface area contributed by atoms with E-state index in [0.717, 1.165) is 47.9 Å². The smallest absolute Gasteiger partial charge is 0.244 e. The summed E-state index contributed by atoms with van der Waals surface area (Å²) in [5, 5.41) is 3.01. The van der Waals surface area contributed by atoms with Gasteiger partial charge < -0.3 is 15.0 Å². The zero-order valence-corrected chi connectivity index (χ0v) is 21.1. The number of hydrogen-bond acceptors (Lipinski definition) is 5. The molecule has 10 heteroatoms. The van der Waals surface area contributed by atoms with Crippen LogP contribution in [0.2, 0.25) is 0 Å². The van der Waals surface area contributed by atoms with Crippen LogP contribution in [0.3, 0.4) is 0 Å². The Morgan fingerprint density at radius 2 is 1.80 bits per heavy atom. The lowest BCUT2D eigenvalue weighted by atomic mass is 10.1. The van der Waals surface area contributed by atoms with Crippen LogP contribution >= 0.6 is 0 Å². The number of anilines is 1. The molecule has 0 aliphatic heterocycles. The van der Waals surface area contributed by atoms with Gasteiger partial charge in [-0.25, -0.2) is 12.8 Å². The van der Waals surface area contributed by atoms with Gasteiger partial charge in [0, 0.05) is 12.6 Å². The summed E-state index contributed by atoms with van der Waals surface area (Å²) in [5.74, 6) is -0.851. The Balaban J connectivity index is 1.87. The first kappa shape index (κ1) is 26.5. The third kappa shape index (κ3) is 7.17. The van der Waals surface area contributed by atoms with Gasteiger partial charge in [0.05, 0.1) is 19.1 Å². The summed E-state index contributed by atoms with van der Waals surface area (Å²) >= 11 is 0. The minimum absolute atomic E-state index is 0.0355. The zero-order chi connectivity index (χ0) is 25.6. The van der Waals surface area contributed by atoms with Crippen molar-refractivity contribution >= 4 is 27.5 Å². The number of halogens is 1. The lowest BCUT2D eigenvalue weighted by Gasteiger charge is -2.32. The molecular weight excluding hydrogens is 473 g/mol. The number of carbonyl (C=O) groups is 2. The predicted molar refractivity (Wildman–Crippen MR) is 132 cm³/mol. The van der Waals surface area contributed by atoms with Crippen molar-refractivity contribution in [3.8, 4) is 5.75 Å². The number of hydrogen-bond donors (Lipinski definition) is 1. The summed E-state index contributed by atoms with van der Waals surface area (Å²) < 4.78 is 44.8. The van der Waals surface area contributed by atoms with Gasteiger partial charge in [0.25, 0.3) is 0 Å². The molecule has 0 saturated heterocycles. The van der Waals surface area contributed by atoms with Crippen molar-refractivity contribution in [2.24, 2.45) is 0 Å². The lowest BCUT2D eigenvalue weighted by molar-refractivity contribution is -0.139. The second-order valence-electron chi connectivity index (χ2n) is 8.79. The van der Waals surface area contributed by atoms with Gasteiger partial charge in [0.1, 0.15) is 24.2 Å². The largest absolute Gasteiger partial charge is 0.497 e. The molecule has 8 nitrogen and oxygen atoms in total. The molecule has 0 spiro atoms. The average Bonchev–Trinajstić information content (AvgIpc) is 3.33. The number of nitrogens with one attached hydrogen (secondary N) is 1. The van der Waals surface area contributed by atoms with Crippen molar-refractivity contribution in [3.63, 3.8) is 0 Å². The van der Waals surface area contributed by atoms with Crippen molar-refractivity contribution in [1.29, 1.82) is 0 Å². The van der Waals surface area contributed by atoms with Crippen molar-refractivity contribution in [3.05, 3.63) is 59.9 Å². The second kappa shape index (κ2) is 11.5. The molecule has 1 N–H and O–H groups in total. The van der Waals surface area contributed by atoms with Crippen molar-refractivity contribution in [2.45, 2.75) is 51.2 Å². The number of amides is 2. The highest BCUT2D eigenvalue weighted by Crippen LogP contribution is 2.22. The Bertz CT molecular complexity index is 1130. The Morgan fingerprint density at radius 3 is 2.37 bits per heavy atom. The number of ether oxygens (including phenoxy) is 1. The van der Waals surface area contributed by atoms with Crippen LogP contribution in [0, 0.1) is 5.82 Å². The maximum atomic E-state index is 13.8. The normalized spacial score (nSPS) is 14.9. The summed E-state index contributed by atoms with van der Waals surface area (Å²) in [4.78, 5) is 27.9. The molecule has 1 saturated carbocycles. The first-order chi connectivity index (χ1) is 16.6. The van der Waals surface area contributed by atoms with Crippen LogP contribution in [-0.2, 0) is 26.2 Å². The van der Waals surface area contributed by atoms with Gasteiger partial charge in [0.2, 0.25) is 21.8 Å². The van der Waals surface area contributed by atoms with Gasteiger partial charge in [-0.2, -0.15) is 0 Å². The molecule has 2 aromatic rings. The van der Waals surface area contributed by atoms with Gasteiger partial charge in [-0.05, 0) is 55.7 Å². The summed E-state index contributed by atoms with van der Waals surface area (Å²) in [7, 11) is -2.36. The van der Waals surface area contributed by atoms with Crippen LogP contribution in [0.1, 0.15) is 38.2 Å². The van der Waals surface area contributed by atoms with E-state index in [4.69, 9.17) is 4.74 Å². The first-order valence-corrected chi connectivity index (χ1v) is 13.4. The molecule has 0 radical (unpaired) electrons. The highest BCUT2D eigenvalue weighted by atomic mass is 32.2. The van der Waals surface area contributed by atoms with Crippen molar-refractivity contribution < 1.29 is 27.1 Å². The topological polar surface area (TPSA) is 96.0 Å². The molecule has 0 heterocycles. The van der Waals surface area contributed by atoms with Crippen molar-refractivity contribution in [1.82, 2.24) is 10.2 Å². The van der Waals surface area contributed by atoms with E-state index in [1.165, 1.54) is 23.1 Å². The van der Waals surface area contributed by atoms with Crippen LogP contribution < -0.4 is 14.4 Å². The van der Waals surface area contributed by atoms with Crippen LogP contribution in [0.4, 0.5) is 10.1 Å². The molecule has 3 rings (SSSR count). The number of sulfonamides is 1. The summed E-state index contributed by atoms with van der Waals surface area (Å²) in [6, 6.07) is 11.3. The fraction of sp³-hybridized carbons (Fsp3) is 0.440. The number of nitrogens with zero attached hydrogens (tertiary/aromatic N) is 2. The minimum atomic E-state index is -3.91. The van der Waals surface area contributed by atoms with Gasteiger partial charge in [-0.1, -0.05) is 31.0 Å². The lowest BCUT2D eigenvalue weighted by Crippen LogP contribution is -2.52. The molecule has 0 bridgehead atoms. The maximum Gasteiger partial charge on any atom is 0.244 e. The van der Waals surface area contributed by atoms with Crippen LogP contribution in [0.15, 0.2) is 48.5 Å². The van der Waals surface area contributed by atoms with Crippen LogP contribution in [0.5, 0.6) is 5.75 Å². The van der Waals surface area contributed by atoms with E-state index < -0.39 is 34.3 Å². The van der Waals surface area contributed by atoms with Gasteiger partial charge >= 0.3 is 0 Å². The van der Waals surface area contributed by atoms with E-state index in [-0.39, 0.29) is 24.2 Å². The van der Waals surface area contributed by atoms with E-state index in [9.17, 15) is 22.4 Å². The third-order valence-corrected chi connectivity index (χ3v) is 7.30. The van der Waals surface area contributed by atoms with E-state index >= 15 is 0 Å². The minimum Gasteiger partial charge on any atom is -0.497 e. The zero-order valence-electron chi connectivity index (χ0n) is 20.2. The third-order valence-electron chi connectivity index (χ3n) is 6.16. The molecule has 0 aromatic heterocycles. The molecule has 1 atom stereocenters. The molecule has 190 valence electrons. The Morgan fingerprint density at radius 1 is 1.14 bits per heavy atom. The number of rotatable bonds is 10. The molecule has 1 aliphatic carbocycles. The fourth-order valence-electron chi connectivity index (χ4n) is 4.15. The van der Waals surface area contributed by atoms with Gasteiger partial charge in [0.15, 0.2) is 0 Å². The second-order valence-corrected chi connectivity index (χ2v) is 10.7. The van der Waals surface area contributed by atoms with Crippen molar-refractivity contribution in [2.75, 3.05) is 24.2 Å². The molecule has 1 aliphatic rings. The summed E-state index contributed by atoms with van der Waals surface area (Å²) in [6.07, 6.45) is 4.84. The highest BCUT2D eigenvalue weighted by Gasteiger charge is 2.31. The van der Waals surface area contributed by atoms with Crippen LogP contribution in [-0.4, -0.2) is 57.1 Å². The maximum absolute atomic E-state index is 13.8. The molecular formula is C25H32FN3O5S. The molecule has 1 fully saturated rings. The molecule has 35 heavy (non-hydrogen) atoms. The van der Waals surface area contributed by atoms with Crippen LogP contribution in [0.25, 0.3) is 0 Å². The van der Waals surface area contributed by atoms with Gasteiger partial charge in [-0.3, -0.25) is 13.9 Å². The summed E-state index contributed by atoms with van der Waals surface area (Å²) in [5.41, 5.74) is 0.782. The first-order valence-electron chi connectivity index (χ1n) is 11.5. The number of benzene rings is 2. The Hall–Kier alpha value is -3.14. The van der Waals surface area contributed by atoms with E-state index in [2.05, 4.69) is 5.32 Å². The van der Waals surface area contributed by atoms with E-state index in [1.54, 1.807) is 38.3 Å². The predicted octanol–water partition coefficient (Wildman–Crippen LogP) is 3.08. The molecule has 2 amide bonds. The van der Waals surface area contributed by atoms with E-state index in [1.807, 2.05) is 0 Å². The summed E-state index contributed by atoms with van der Waals surface area (Å²) in [6.45, 7) is 1.14. The number of carbonyl (C=O) groups excluding carboxylic acids is 2. The molecule has 0 unspecified atom stereocenters. The molecule has 2 aromatic carbocycles.